The second-order valence-electron chi connectivity index (χ2n) is 6.53. The third-order valence-electron chi connectivity index (χ3n) is 4.62. The van der Waals surface area contributed by atoms with Gasteiger partial charge in [-0.2, -0.15) is 0 Å². The molecule has 0 bridgehead atoms. The zero-order chi connectivity index (χ0) is 19.6. The van der Waals surface area contributed by atoms with Crippen LogP contribution in [0.3, 0.4) is 0 Å². The van der Waals surface area contributed by atoms with Crippen molar-refractivity contribution in [2.45, 2.75) is 40.5 Å². The first-order chi connectivity index (χ1) is 13.2. The molecule has 0 N–H and O–H groups in total. The quantitative estimate of drug-likeness (QED) is 0.583. The van der Waals surface area contributed by atoms with Gasteiger partial charge in [-0.25, -0.2) is 4.98 Å². The Balaban J connectivity index is 2.84. The van der Waals surface area contributed by atoms with Gasteiger partial charge in [0.25, 0.3) is 0 Å². The molecule has 140 valence electrons. The number of allylic oxidation sites excluding steroid dienone is 9. The number of nitrogens with zero attached hydrogens (tertiary/aromatic N) is 1. The van der Waals surface area contributed by atoms with Crippen molar-refractivity contribution in [3.63, 3.8) is 0 Å². The highest BCUT2D eigenvalue weighted by Crippen LogP contribution is 2.25. The lowest BCUT2D eigenvalue weighted by Gasteiger charge is -2.13. The molecule has 1 heterocycles. The number of hydrogen-bond donors (Lipinski definition) is 0. The van der Waals surface area contributed by atoms with Crippen molar-refractivity contribution >= 4 is 29.9 Å². The van der Waals surface area contributed by atoms with Gasteiger partial charge in [0.1, 0.15) is 0 Å². The van der Waals surface area contributed by atoms with E-state index in [0.717, 1.165) is 23.9 Å². The van der Waals surface area contributed by atoms with Crippen LogP contribution in [0.15, 0.2) is 55.2 Å². The highest BCUT2D eigenvalue weighted by atomic mass is 14.7. The minimum atomic E-state index is 0.397. The molecule has 0 fully saturated rings. The fourth-order valence-electron chi connectivity index (χ4n) is 3.33. The van der Waals surface area contributed by atoms with E-state index in [1.807, 2.05) is 13.0 Å². The highest BCUT2D eigenvalue weighted by molar-refractivity contribution is 5.84. The topological polar surface area (TPSA) is 12.9 Å². The van der Waals surface area contributed by atoms with E-state index in [0.29, 0.717) is 5.92 Å². The molecule has 1 nitrogen and oxygen atoms in total. The van der Waals surface area contributed by atoms with Gasteiger partial charge in [-0.05, 0) is 51.2 Å². The SMILES string of the molecule is C=CCC1C=CC=C(c2c(/C=C\CC)c(/C=C/C)nc(=C/C)/c2=C\C)C=C1. The fourth-order valence-corrected chi connectivity index (χ4v) is 3.33. The maximum Gasteiger partial charge on any atom is 0.0712 e. The highest BCUT2D eigenvalue weighted by Gasteiger charge is 2.13. The molecule has 1 heteroatoms. The van der Waals surface area contributed by atoms with Crippen LogP contribution in [-0.4, -0.2) is 4.98 Å². The van der Waals surface area contributed by atoms with E-state index in [1.165, 1.54) is 21.9 Å². The molecule has 0 radical (unpaired) electrons. The first-order valence-corrected chi connectivity index (χ1v) is 9.83. The molecule has 1 unspecified atom stereocenters. The van der Waals surface area contributed by atoms with Gasteiger partial charge < -0.3 is 0 Å². The smallest absolute Gasteiger partial charge is 0.0712 e. The minimum absolute atomic E-state index is 0.397. The molecule has 1 atom stereocenters. The standard InChI is InChI=1S/C26H31N/c1-6-11-17-23-25(14-8-3)27-24(10-5)22(9-4)26(23)21-16-12-15-20(13-7-2)18-19-21/h7-12,14-20H,2,6,13H2,1,3-5H3/b14-8+,17-11-,22-9+,24-10+. The molecule has 27 heavy (non-hydrogen) atoms. The summed E-state index contributed by atoms with van der Waals surface area (Å²) < 4.78 is 0. The monoisotopic (exact) mass is 357 g/mol. The Labute approximate surface area is 164 Å². The maximum absolute atomic E-state index is 4.92. The van der Waals surface area contributed by atoms with Gasteiger partial charge in [-0.15, -0.1) is 6.58 Å². The summed E-state index contributed by atoms with van der Waals surface area (Å²) >= 11 is 0. The number of hydrogen-bond acceptors (Lipinski definition) is 1. The van der Waals surface area contributed by atoms with Crippen molar-refractivity contribution in [3.8, 4) is 0 Å². The van der Waals surface area contributed by atoms with E-state index in [1.54, 1.807) is 0 Å². The summed E-state index contributed by atoms with van der Waals surface area (Å²) in [5, 5.41) is 2.22. The molecule has 1 aliphatic carbocycles. The van der Waals surface area contributed by atoms with Gasteiger partial charge in [0.05, 0.1) is 11.0 Å². The Morgan fingerprint density at radius 1 is 1.11 bits per heavy atom. The molecular formula is C26H31N. The second kappa shape index (κ2) is 10.5. The summed E-state index contributed by atoms with van der Waals surface area (Å²) in [4.78, 5) is 4.92. The van der Waals surface area contributed by atoms with Crippen molar-refractivity contribution in [2.24, 2.45) is 5.92 Å². The van der Waals surface area contributed by atoms with E-state index in [4.69, 9.17) is 4.98 Å². The van der Waals surface area contributed by atoms with Crippen LogP contribution in [0.4, 0.5) is 0 Å². The van der Waals surface area contributed by atoms with Crippen molar-refractivity contribution in [1.29, 1.82) is 0 Å². The second-order valence-corrected chi connectivity index (χ2v) is 6.53. The lowest BCUT2D eigenvalue weighted by atomic mass is 9.94. The van der Waals surface area contributed by atoms with Crippen molar-refractivity contribution in [3.05, 3.63) is 82.6 Å². The molecule has 0 saturated heterocycles. The normalized spacial score (nSPS) is 18.5. The van der Waals surface area contributed by atoms with Crippen LogP contribution in [0.2, 0.25) is 0 Å². The molecule has 0 spiro atoms. The van der Waals surface area contributed by atoms with E-state index in [2.05, 4.69) is 94.2 Å². The summed E-state index contributed by atoms with van der Waals surface area (Å²) in [6.45, 7) is 12.2. The Kier molecular flexibility index (Phi) is 8.00. The summed E-state index contributed by atoms with van der Waals surface area (Å²) in [5.41, 5.74) is 4.66. The van der Waals surface area contributed by atoms with Gasteiger partial charge in [-0.3, -0.25) is 0 Å². The molecule has 0 aromatic carbocycles. The van der Waals surface area contributed by atoms with Crippen molar-refractivity contribution in [2.75, 3.05) is 0 Å². The Morgan fingerprint density at radius 3 is 2.56 bits per heavy atom. The molecule has 1 aliphatic rings. The Hall–Kier alpha value is -2.67. The Bertz CT molecular complexity index is 933. The largest absolute Gasteiger partial charge is 0.248 e. The average Bonchev–Trinajstić information content (AvgIpc) is 2.92. The van der Waals surface area contributed by atoms with E-state index in [-0.39, 0.29) is 0 Å². The summed E-state index contributed by atoms with van der Waals surface area (Å²) in [6.07, 6.45) is 27.9. The van der Waals surface area contributed by atoms with Gasteiger partial charge in [0, 0.05) is 16.3 Å². The molecule has 0 aliphatic heterocycles. The van der Waals surface area contributed by atoms with Crippen LogP contribution in [0.25, 0.3) is 29.9 Å². The van der Waals surface area contributed by atoms with Gasteiger partial charge in [0.2, 0.25) is 0 Å². The first-order valence-electron chi connectivity index (χ1n) is 9.83. The lowest BCUT2D eigenvalue weighted by molar-refractivity contribution is 0.835. The van der Waals surface area contributed by atoms with Gasteiger partial charge in [-0.1, -0.05) is 73.8 Å². The van der Waals surface area contributed by atoms with E-state index in [9.17, 15) is 0 Å². The minimum Gasteiger partial charge on any atom is -0.248 e. The average molecular weight is 358 g/mol. The summed E-state index contributed by atoms with van der Waals surface area (Å²) in [5.74, 6) is 0.397. The zero-order valence-corrected chi connectivity index (χ0v) is 17.1. The third-order valence-corrected chi connectivity index (χ3v) is 4.62. The van der Waals surface area contributed by atoms with E-state index >= 15 is 0 Å². The van der Waals surface area contributed by atoms with Crippen molar-refractivity contribution in [1.82, 2.24) is 4.98 Å². The molecular weight excluding hydrogens is 326 g/mol. The van der Waals surface area contributed by atoms with Crippen molar-refractivity contribution < 1.29 is 0 Å². The van der Waals surface area contributed by atoms with Gasteiger partial charge in [0.15, 0.2) is 0 Å². The fraction of sp³-hybridized carbons (Fsp3) is 0.269. The van der Waals surface area contributed by atoms with Gasteiger partial charge >= 0.3 is 0 Å². The summed E-state index contributed by atoms with van der Waals surface area (Å²) in [6, 6.07) is 0. The van der Waals surface area contributed by atoms with E-state index < -0.39 is 0 Å². The predicted octanol–water partition coefficient (Wildman–Crippen LogP) is 5.84. The number of pyridine rings is 1. The summed E-state index contributed by atoms with van der Waals surface area (Å²) in [7, 11) is 0. The molecule has 2 rings (SSSR count). The number of aromatic nitrogens is 1. The maximum atomic E-state index is 4.92. The van der Waals surface area contributed by atoms with Crippen LogP contribution in [-0.2, 0) is 0 Å². The van der Waals surface area contributed by atoms with Crippen LogP contribution < -0.4 is 10.6 Å². The Morgan fingerprint density at radius 2 is 1.93 bits per heavy atom. The number of rotatable bonds is 6. The molecule has 0 saturated carbocycles. The third kappa shape index (κ3) is 4.95. The lowest BCUT2D eigenvalue weighted by Crippen LogP contribution is -2.33. The first kappa shape index (κ1) is 20.6. The zero-order valence-electron chi connectivity index (χ0n) is 17.1. The van der Waals surface area contributed by atoms with Crippen LogP contribution in [0.5, 0.6) is 0 Å². The van der Waals surface area contributed by atoms with Crippen LogP contribution >= 0.6 is 0 Å². The van der Waals surface area contributed by atoms with Crippen LogP contribution in [0.1, 0.15) is 57.4 Å². The molecule has 1 aromatic heterocycles. The molecule has 0 amide bonds. The molecule has 1 aromatic rings. The van der Waals surface area contributed by atoms with Crippen LogP contribution in [0, 0.1) is 5.92 Å². The predicted molar refractivity (Wildman–Crippen MR) is 122 cm³/mol.